The summed E-state index contributed by atoms with van der Waals surface area (Å²) in [6.45, 7) is 7.14. The number of thioether (sulfide) groups is 1. The molecular weight excluding hydrogens is 346 g/mol. The fourth-order valence-corrected chi connectivity index (χ4v) is 3.83. The Hall–Kier alpha value is -1.95. The Morgan fingerprint density at radius 1 is 1.27 bits per heavy atom. The van der Waals surface area contributed by atoms with Gasteiger partial charge in [-0.05, 0) is 45.9 Å². The number of rotatable bonds is 3. The number of fused-ring (bicyclic) bond motifs is 1. The van der Waals surface area contributed by atoms with Crippen LogP contribution < -0.4 is 5.32 Å². The molecule has 6 heteroatoms. The standard InChI is InChI=1S/C20H27N3O2S/c1-20(2,3)25-19(24)23-10-8-15(9-11-23)22-16-7-5-6-14-12-21-13-17(26-4)18(14)16/h5-7,12-13,15,22H,8-11H2,1-4H3. The van der Waals surface area contributed by atoms with Gasteiger partial charge in [0, 0.05) is 52.9 Å². The first-order chi connectivity index (χ1) is 12.4. The van der Waals surface area contributed by atoms with E-state index in [0.717, 1.165) is 23.9 Å². The van der Waals surface area contributed by atoms with Crippen molar-refractivity contribution in [2.75, 3.05) is 24.7 Å². The third-order valence-corrected chi connectivity index (χ3v) is 5.22. The Balaban J connectivity index is 1.67. The summed E-state index contributed by atoms with van der Waals surface area (Å²) < 4.78 is 5.48. The van der Waals surface area contributed by atoms with Crippen LogP contribution in [0.3, 0.4) is 0 Å². The maximum Gasteiger partial charge on any atom is 0.410 e. The van der Waals surface area contributed by atoms with E-state index in [1.54, 1.807) is 11.8 Å². The van der Waals surface area contributed by atoms with Gasteiger partial charge < -0.3 is 15.0 Å². The van der Waals surface area contributed by atoms with Gasteiger partial charge in [-0.3, -0.25) is 4.98 Å². The first kappa shape index (κ1) is 18.8. The van der Waals surface area contributed by atoms with Crippen LogP contribution in [0.2, 0.25) is 0 Å². The molecule has 2 heterocycles. The Labute approximate surface area is 159 Å². The number of piperidine rings is 1. The Morgan fingerprint density at radius 3 is 2.65 bits per heavy atom. The SMILES string of the molecule is CSc1cncc2cccc(NC3CCN(C(=O)OC(C)(C)C)CC3)c12. The lowest BCUT2D eigenvalue weighted by atomic mass is 10.0. The van der Waals surface area contributed by atoms with Crippen molar-refractivity contribution in [2.24, 2.45) is 0 Å². The smallest absolute Gasteiger partial charge is 0.410 e. The number of pyridine rings is 1. The van der Waals surface area contributed by atoms with E-state index in [4.69, 9.17) is 4.74 Å². The van der Waals surface area contributed by atoms with E-state index < -0.39 is 5.60 Å². The van der Waals surface area contributed by atoms with Gasteiger partial charge in [0.2, 0.25) is 0 Å². The molecule has 1 amide bonds. The molecule has 0 aliphatic carbocycles. The molecule has 0 bridgehead atoms. The summed E-state index contributed by atoms with van der Waals surface area (Å²) in [4.78, 5) is 19.5. The highest BCUT2D eigenvalue weighted by Gasteiger charge is 2.27. The van der Waals surface area contributed by atoms with E-state index in [0.29, 0.717) is 19.1 Å². The number of carbonyl (C=O) groups is 1. The van der Waals surface area contributed by atoms with Crippen LogP contribution in [0, 0.1) is 0 Å². The third-order valence-electron chi connectivity index (χ3n) is 4.47. The molecule has 140 valence electrons. The molecule has 1 aromatic heterocycles. The summed E-state index contributed by atoms with van der Waals surface area (Å²) in [5, 5.41) is 6.06. The first-order valence-corrected chi connectivity index (χ1v) is 10.2. The number of nitrogens with one attached hydrogen (secondary N) is 1. The van der Waals surface area contributed by atoms with Crippen molar-refractivity contribution in [1.82, 2.24) is 9.88 Å². The Morgan fingerprint density at radius 2 is 2.00 bits per heavy atom. The van der Waals surface area contributed by atoms with Crippen LogP contribution in [-0.2, 0) is 4.74 Å². The van der Waals surface area contributed by atoms with Crippen LogP contribution in [0.1, 0.15) is 33.6 Å². The van der Waals surface area contributed by atoms with E-state index in [1.165, 1.54) is 10.3 Å². The number of likely N-dealkylation sites (tertiary alicyclic amines) is 1. The quantitative estimate of drug-likeness (QED) is 0.786. The van der Waals surface area contributed by atoms with Crippen LogP contribution in [0.25, 0.3) is 10.8 Å². The summed E-state index contributed by atoms with van der Waals surface area (Å²) >= 11 is 1.71. The second-order valence-electron chi connectivity index (χ2n) is 7.63. The van der Waals surface area contributed by atoms with Crippen molar-refractivity contribution in [1.29, 1.82) is 0 Å². The summed E-state index contributed by atoms with van der Waals surface area (Å²) in [6.07, 6.45) is 7.52. The van der Waals surface area contributed by atoms with Gasteiger partial charge in [-0.15, -0.1) is 11.8 Å². The summed E-state index contributed by atoms with van der Waals surface area (Å²) in [5.74, 6) is 0. The maximum atomic E-state index is 12.2. The molecule has 1 fully saturated rings. The van der Waals surface area contributed by atoms with Gasteiger partial charge in [-0.25, -0.2) is 4.79 Å². The number of hydrogen-bond acceptors (Lipinski definition) is 5. The van der Waals surface area contributed by atoms with Crippen molar-refractivity contribution < 1.29 is 9.53 Å². The minimum absolute atomic E-state index is 0.211. The van der Waals surface area contributed by atoms with E-state index >= 15 is 0 Å². The number of benzene rings is 1. The average molecular weight is 374 g/mol. The fraction of sp³-hybridized carbons (Fsp3) is 0.500. The van der Waals surface area contributed by atoms with E-state index in [2.05, 4.69) is 34.8 Å². The van der Waals surface area contributed by atoms with Crippen molar-refractivity contribution in [3.63, 3.8) is 0 Å². The predicted molar refractivity (Wildman–Crippen MR) is 108 cm³/mol. The van der Waals surface area contributed by atoms with Gasteiger partial charge in [-0.1, -0.05) is 12.1 Å². The average Bonchev–Trinajstić information content (AvgIpc) is 2.60. The molecular formula is C20H27N3O2S. The number of hydrogen-bond donors (Lipinski definition) is 1. The van der Waals surface area contributed by atoms with Crippen LogP contribution in [0.5, 0.6) is 0 Å². The normalized spacial score (nSPS) is 15.9. The van der Waals surface area contributed by atoms with Crippen LogP contribution in [0.15, 0.2) is 35.5 Å². The third kappa shape index (κ3) is 4.41. The highest BCUT2D eigenvalue weighted by molar-refractivity contribution is 7.98. The second-order valence-corrected chi connectivity index (χ2v) is 8.48. The number of carbonyl (C=O) groups excluding carboxylic acids is 1. The Kier molecular flexibility index (Phi) is 5.61. The molecule has 1 N–H and O–H groups in total. The first-order valence-electron chi connectivity index (χ1n) is 9.02. The molecule has 26 heavy (non-hydrogen) atoms. The highest BCUT2D eigenvalue weighted by Crippen LogP contribution is 2.32. The molecule has 1 saturated heterocycles. The van der Waals surface area contributed by atoms with Gasteiger partial charge >= 0.3 is 6.09 Å². The molecule has 0 atom stereocenters. The van der Waals surface area contributed by atoms with Crippen molar-refractivity contribution in [3.8, 4) is 0 Å². The zero-order valence-corrected chi connectivity index (χ0v) is 16.7. The zero-order valence-electron chi connectivity index (χ0n) is 15.9. The van der Waals surface area contributed by atoms with E-state index in [9.17, 15) is 4.79 Å². The second kappa shape index (κ2) is 7.74. The van der Waals surface area contributed by atoms with Crippen LogP contribution in [0.4, 0.5) is 10.5 Å². The maximum absolute atomic E-state index is 12.2. The minimum Gasteiger partial charge on any atom is -0.444 e. The molecule has 0 spiro atoms. The monoisotopic (exact) mass is 373 g/mol. The van der Waals surface area contributed by atoms with Crippen molar-refractivity contribution in [3.05, 3.63) is 30.6 Å². The molecule has 0 radical (unpaired) electrons. The van der Waals surface area contributed by atoms with Crippen LogP contribution in [-0.4, -0.2) is 47.0 Å². The van der Waals surface area contributed by atoms with Crippen LogP contribution >= 0.6 is 11.8 Å². The van der Waals surface area contributed by atoms with Crippen molar-refractivity contribution in [2.45, 2.75) is 50.2 Å². The number of amides is 1. The minimum atomic E-state index is -0.447. The molecule has 0 saturated carbocycles. The lowest BCUT2D eigenvalue weighted by Gasteiger charge is -2.34. The molecule has 5 nitrogen and oxygen atoms in total. The van der Waals surface area contributed by atoms with E-state index in [-0.39, 0.29) is 6.09 Å². The number of aromatic nitrogens is 1. The summed E-state index contributed by atoms with van der Waals surface area (Å²) in [6, 6.07) is 6.63. The molecule has 3 rings (SSSR count). The summed E-state index contributed by atoms with van der Waals surface area (Å²) in [7, 11) is 0. The zero-order chi connectivity index (χ0) is 18.7. The molecule has 1 aliphatic heterocycles. The molecule has 0 unspecified atom stereocenters. The van der Waals surface area contributed by atoms with Gasteiger partial charge in [0.1, 0.15) is 5.60 Å². The van der Waals surface area contributed by atoms with Gasteiger partial charge in [0.15, 0.2) is 0 Å². The summed E-state index contributed by atoms with van der Waals surface area (Å²) in [5.41, 5.74) is 0.696. The molecule has 1 aromatic carbocycles. The number of ether oxygens (including phenoxy) is 1. The largest absolute Gasteiger partial charge is 0.444 e. The van der Waals surface area contributed by atoms with Gasteiger partial charge in [0.25, 0.3) is 0 Å². The van der Waals surface area contributed by atoms with Crippen molar-refractivity contribution >= 4 is 34.3 Å². The molecule has 2 aromatic rings. The lowest BCUT2D eigenvalue weighted by Crippen LogP contribution is -2.44. The molecule has 1 aliphatic rings. The van der Waals surface area contributed by atoms with E-state index in [1.807, 2.05) is 38.1 Å². The lowest BCUT2D eigenvalue weighted by molar-refractivity contribution is 0.0210. The number of anilines is 1. The van der Waals surface area contributed by atoms with Gasteiger partial charge in [-0.2, -0.15) is 0 Å². The highest BCUT2D eigenvalue weighted by atomic mass is 32.2. The topological polar surface area (TPSA) is 54.5 Å². The van der Waals surface area contributed by atoms with Gasteiger partial charge in [0.05, 0.1) is 0 Å². The predicted octanol–water partition coefficient (Wildman–Crippen LogP) is 4.77. The Bertz CT molecular complexity index is 775. The number of nitrogens with zero attached hydrogens (tertiary/aromatic N) is 2. The fourth-order valence-electron chi connectivity index (χ4n) is 3.23.